The van der Waals surface area contributed by atoms with Crippen LogP contribution in [0.15, 0.2) is 22.7 Å². The Kier molecular flexibility index (Phi) is 2.14. The second-order valence-corrected chi connectivity index (χ2v) is 4.51. The van der Waals surface area contributed by atoms with Crippen molar-refractivity contribution in [2.45, 2.75) is 19.3 Å². The second kappa shape index (κ2) is 3.55. The summed E-state index contributed by atoms with van der Waals surface area (Å²) in [6.45, 7) is 2.15. The van der Waals surface area contributed by atoms with Crippen molar-refractivity contribution in [2.75, 3.05) is 5.73 Å². The Morgan fingerprint density at radius 1 is 1.47 bits per heavy atom. The van der Waals surface area contributed by atoms with Crippen molar-refractivity contribution in [3.05, 3.63) is 29.8 Å². The van der Waals surface area contributed by atoms with Gasteiger partial charge < -0.3 is 10.3 Å². The SMILES string of the molecule is CC1CC1c1noc(-c2ccc(F)cc2N)n1. The van der Waals surface area contributed by atoms with E-state index in [1.165, 1.54) is 12.1 Å². The van der Waals surface area contributed by atoms with Crippen LogP contribution < -0.4 is 5.73 Å². The molecule has 1 fully saturated rings. The van der Waals surface area contributed by atoms with Crippen LogP contribution in [0.1, 0.15) is 25.1 Å². The van der Waals surface area contributed by atoms with Gasteiger partial charge >= 0.3 is 0 Å². The average Bonchev–Trinajstić information content (AvgIpc) is 2.83. The van der Waals surface area contributed by atoms with E-state index in [0.717, 1.165) is 12.2 Å². The summed E-state index contributed by atoms with van der Waals surface area (Å²) in [5.41, 5.74) is 6.61. The molecule has 1 saturated carbocycles. The monoisotopic (exact) mass is 233 g/mol. The number of anilines is 1. The minimum absolute atomic E-state index is 0.309. The lowest BCUT2D eigenvalue weighted by Gasteiger charge is -1.99. The van der Waals surface area contributed by atoms with Crippen molar-refractivity contribution in [2.24, 2.45) is 5.92 Å². The van der Waals surface area contributed by atoms with E-state index < -0.39 is 0 Å². The van der Waals surface area contributed by atoms with E-state index in [2.05, 4.69) is 17.1 Å². The highest BCUT2D eigenvalue weighted by atomic mass is 19.1. The Hall–Kier alpha value is -1.91. The summed E-state index contributed by atoms with van der Waals surface area (Å²) in [5.74, 6) is 1.72. The first-order valence-electron chi connectivity index (χ1n) is 5.54. The molecule has 0 bridgehead atoms. The standard InChI is InChI=1S/C12H12FN3O/c1-6-4-9(6)11-15-12(17-16-11)8-3-2-7(13)5-10(8)14/h2-3,5-6,9H,4,14H2,1H3. The highest BCUT2D eigenvalue weighted by molar-refractivity contribution is 5.70. The third kappa shape index (κ3) is 1.77. The molecule has 88 valence electrons. The smallest absolute Gasteiger partial charge is 0.260 e. The molecule has 1 aliphatic carbocycles. The largest absolute Gasteiger partial charge is 0.398 e. The molecule has 2 N–H and O–H groups in total. The maximum absolute atomic E-state index is 12.9. The predicted octanol–water partition coefficient (Wildman–Crippen LogP) is 2.58. The first kappa shape index (κ1) is 10.3. The molecule has 2 aromatic rings. The summed E-state index contributed by atoms with van der Waals surface area (Å²) >= 11 is 0. The summed E-state index contributed by atoms with van der Waals surface area (Å²) in [5, 5.41) is 3.93. The number of benzene rings is 1. The van der Waals surface area contributed by atoms with Gasteiger partial charge in [0.15, 0.2) is 5.82 Å². The van der Waals surface area contributed by atoms with Gasteiger partial charge in [0.1, 0.15) is 5.82 Å². The summed E-state index contributed by atoms with van der Waals surface area (Å²) in [4.78, 5) is 4.30. The average molecular weight is 233 g/mol. The summed E-state index contributed by atoms with van der Waals surface area (Å²) in [7, 11) is 0. The molecule has 5 heteroatoms. The minimum Gasteiger partial charge on any atom is -0.398 e. The summed E-state index contributed by atoms with van der Waals surface area (Å²) < 4.78 is 18.1. The maximum atomic E-state index is 12.9. The van der Waals surface area contributed by atoms with E-state index in [1.54, 1.807) is 6.07 Å². The Bertz CT molecular complexity index is 567. The zero-order valence-corrected chi connectivity index (χ0v) is 9.35. The molecule has 17 heavy (non-hydrogen) atoms. The van der Waals surface area contributed by atoms with Gasteiger partial charge in [-0.05, 0) is 30.5 Å². The van der Waals surface area contributed by atoms with Crippen LogP contribution in [0, 0.1) is 11.7 Å². The van der Waals surface area contributed by atoms with Gasteiger partial charge in [0.2, 0.25) is 0 Å². The molecule has 1 aromatic carbocycles. The number of hydrogen-bond donors (Lipinski definition) is 1. The summed E-state index contributed by atoms with van der Waals surface area (Å²) in [6.07, 6.45) is 1.10. The van der Waals surface area contributed by atoms with Crippen molar-refractivity contribution in [3.8, 4) is 11.5 Å². The molecule has 0 amide bonds. The molecule has 0 saturated heterocycles. The fourth-order valence-electron chi connectivity index (χ4n) is 1.91. The maximum Gasteiger partial charge on any atom is 0.260 e. The van der Waals surface area contributed by atoms with Crippen molar-refractivity contribution in [1.82, 2.24) is 10.1 Å². The lowest BCUT2D eigenvalue weighted by molar-refractivity contribution is 0.422. The number of rotatable bonds is 2. The first-order valence-corrected chi connectivity index (χ1v) is 5.54. The number of nitrogens with two attached hydrogens (primary N) is 1. The molecule has 0 aliphatic heterocycles. The van der Waals surface area contributed by atoms with E-state index >= 15 is 0 Å². The number of aromatic nitrogens is 2. The molecule has 1 aliphatic rings. The van der Waals surface area contributed by atoms with E-state index in [-0.39, 0.29) is 5.82 Å². The van der Waals surface area contributed by atoms with Crippen molar-refractivity contribution in [1.29, 1.82) is 0 Å². The Labute approximate surface area is 97.6 Å². The van der Waals surface area contributed by atoms with Gasteiger partial charge in [-0.25, -0.2) is 4.39 Å². The Balaban J connectivity index is 1.95. The Morgan fingerprint density at radius 3 is 2.88 bits per heavy atom. The zero-order chi connectivity index (χ0) is 12.0. The molecule has 0 radical (unpaired) electrons. The predicted molar refractivity (Wildman–Crippen MR) is 60.6 cm³/mol. The van der Waals surface area contributed by atoms with Gasteiger partial charge in [-0.2, -0.15) is 4.98 Å². The highest BCUT2D eigenvalue weighted by Crippen LogP contribution is 2.45. The van der Waals surface area contributed by atoms with Crippen LogP contribution in [0.2, 0.25) is 0 Å². The van der Waals surface area contributed by atoms with Crippen molar-refractivity contribution < 1.29 is 8.91 Å². The molecule has 1 aromatic heterocycles. The van der Waals surface area contributed by atoms with Gasteiger partial charge in [0.25, 0.3) is 5.89 Å². The second-order valence-electron chi connectivity index (χ2n) is 4.51. The van der Waals surface area contributed by atoms with E-state index in [4.69, 9.17) is 10.3 Å². The van der Waals surface area contributed by atoms with Crippen LogP contribution in [0.3, 0.4) is 0 Å². The topological polar surface area (TPSA) is 64.9 Å². The van der Waals surface area contributed by atoms with Crippen LogP contribution in [0.4, 0.5) is 10.1 Å². The van der Waals surface area contributed by atoms with Crippen LogP contribution in [0.25, 0.3) is 11.5 Å². The quantitative estimate of drug-likeness (QED) is 0.809. The fourth-order valence-corrected chi connectivity index (χ4v) is 1.91. The molecule has 0 spiro atoms. The lowest BCUT2D eigenvalue weighted by Crippen LogP contribution is -1.91. The third-order valence-electron chi connectivity index (χ3n) is 3.13. The summed E-state index contributed by atoms with van der Waals surface area (Å²) in [6, 6.07) is 4.13. The highest BCUT2D eigenvalue weighted by Gasteiger charge is 2.38. The molecule has 2 atom stereocenters. The fraction of sp³-hybridized carbons (Fsp3) is 0.333. The van der Waals surface area contributed by atoms with E-state index in [1.807, 2.05) is 0 Å². The number of nitrogen functional groups attached to an aromatic ring is 1. The molecular formula is C12H12FN3O. The zero-order valence-electron chi connectivity index (χ0n) is 9.35. The number of halogens is 1. The molecule has 4 nitrogen and oxygen atoms in total. The molecule has 1 heterocycles. The first-order chi connectivity index (χ1) is 8.15. The van der Waals surface area contributed by atoms with Gasteiger partial charge in [-0.3, -0.25) is 0 Å². The van der Waals surface area contributed by atoms with E-state index in [0.29, 0.717) is 29.0 Å². The number of hydrogen-bond acceptors (Lipinski definition) is 4. The van der Waals surface area contributed by atoms with Crippen molar-refractivity contribution in [3.63, 3.8) is 0 Å². The van der Waals surface area contributed by atoms with Gasteiger partial charge in [-0.15, -0.1) is 0 Å². The molecular weight excluding hydrogens is 221 g/mol. The van der Waals surface area contributed by atoms with Crippen molar-refractivity contribution >= 4 is 5.69 Å². The third-order valence-corrected chi connectivity index (χ3v) is 3.13. The minimum atomic E-state index is -0.373. The van der Waals surface area contributed by atoms with Crippen LogP contribution >= 0.6 is 0 Å². The molecule has 2 unspecified atom stereocenters. The lowest BCUT2D eigenvalue weighted by atomic mass is 10.2. The Morgan fingerprint density at radius 2 is 2.24 bits per heavy atom. The van der Waals surface area contributed by atoms with E-state index in [9.17, 15) is 4.39 Å². The number of nitrogens with zero attached hydrogens (tertiary/aromatic N) is 2. The van der Waals surface area contributed by atoms with Gasteiger partial charge in [0, 0.05) is 11.6 Å². The van der Waals surface area contributed by atoms with Crippen LogP contribution in [-0.4, -0.2) is 10.1 Å². The molecule has 3 rings (SSSR count). The normalized spacial score (nSPS) is 22.7. The van der Waals surface area contributed by atoms with Gasteiger partial charge in [-0.1, -0.05) is 12.1 Å². The van der Waals surface area contributed by atoms with Crippen LogP contribution in [-0.2, 0) is 0 Å². The van der Waals surface area contributed by atoms with Gasteiger partial charge in [0.05, 0.1) is 5.56 Å². The van der Waals surface area contributed by atoms with Crippen LogP contribution in [0.5, 0.6) is 0 Å².